The fraction of sp³-hybridized carbons (Fsp3) is 0.857. The summed E-state index contributed by atoms with van der Waals surface area (Å²) >= 11 is 0. The minimum Gasteiger partial charge on any atom is -0.340 e. The Morgan fingerprint density at radius 2 is 2.45 bits per heavy atom. The van der Waals surface area contributed by atoms with Gasteiger partial charge in [0.1, 0.15) is 0 Å². The molecule has 1 saturated heterocycles. The smallest absolute Gasteiger partial charge is 0.257 e. The summed E-state index contributed by atoms with van der Waals surface area (Å²) in [5.41, 5.74) is 5.26. The Balaban J connectivity index is 2.30. The second-order valence-corrected chi connectivity index (χ2v) is 2.72. The zero-order valence-corrected chi connectivity index (χ0v) is 6.42. The van der Waals surface area contributed by atoms with Gasteiger partial charge in [-0.25, -0.2) is 4.39 Å². The molecule has 0 spiro atoms. The lowest BCUT2D eigenvalue weighted by molar-refractivity contribution is -0.131. The Hall–Kier alpha value is -0.640. The number of likely N-dealkylation sites (tertiary alicyclic amines) is 1. The predicted molar refractivity (Wildman–Crippen MR) is 39.8 cm³/mol. The largest absolute Gasteiger partial charge is 0.340 e. The van der Waals surface area contributed by atoms with E-state index in [-0.39, 0.29) is 5.91 Å². The second-order valence-electron chi connectivity index (χ2n) is 2.72. The zero-order valence-electron chi connectivity index (χ0n) is 6.42. The van der Waals surface area contributed by atoms with Crippen molar-refractivity contribution in [3.8, 4) is 0 Å². The number of carbonyl (C=O) groups excluding carboxylic acids is 1. The molecule has 0 radical (unpaired) electrons. The number of nitrogens with two attached hydrogens (primary N) is 1. The van der Waals surface area contributed by atoms with E-state index in [4.69, 9.17) is 5.73 Å². The standard InChI is InChI=1S/C7H13FN2O/c8-6-2-5-10(7(6)11)4-1-3-9/h6H,1-5,9H2. The van der Waals surface area contributed by atoms with Crippen LogP contribution in [0.1, 0.15) is 12.8 Å². The summed E-state index contributed by atoms with van der Waals surface area (Å²) in [4.78, 5) is 12.5. The Labute approximate surface area is 65.3 Å². The molecule has 4 heteroatoms. The van der Waals surface area contributed by atoms with Crippen LogP contribution in [0.2, 0.25) is 0 Å². The van der Waals surface area contributed by atoms with Gasteiger partial charge in [0.15, 0.2) is 6.17 Å². The Morgan fingerprint density at radius 3 is 2.91 bits per heavy atom. The van der Waals surface area contributed by atoms with Gasteiger partial charge in [-0.05, 0) is 13.0 Å². The number of rotatable bonds is 3. The van der Waals surface area contributed by atoms with Crippen LogP contribution in [0.3, 0.4) is 0 Å². The van der Waals surface area contributed by atoms with E-state index >= 15 is 0 Å². The second kappa shape index (κ2) is 3.67. The summed E-state index contributed by atoms with van der Waals surface area (Å²) in [6, 6.07) is 0. The van der Waals surface area contributed by atoms with E-state index < -0.39 is 6.17 Å². The number of hydrogen-bond acceptors (Lipinski definition) is 2. The topological polar surface area (TPSA) is 46.3 Å². The molecule has 3 nitrogen and oxygen atoms in total. The van der Waals surface area contributed by atoms with Crippen molar-refractivity contribution in [2.45, 2.75) is 19.0 Å². The average Bonchev–Trinajstić information content (AvgIpc) is 2.31. The minimum atomic E-state index is -1.26. The van der Waals surface area contributed by atoms with Crippen LogP contribution in [0.15, 0.2) is 0 Å². The summed E-state index contributed by atoms with van der Waals surface area (Å²) in [7, 11) is 0. The molecule has 1 aliphatic rings. The van der Waals surface area contributed by atoms with Crippen molar-refractivity contribution in [3.63, 3.8) is 0 Å². The quantitative estimate of drug-likeness (QED) is 0.627. The Kier molecular flexibility index (Phi) is 2.82. The molecule has 0 saturated carbocycles. The molecule has 0 aromatic rings. The number of hydrogen-bond donors (Lipinski definition) is 1. The van der Waals surface area contributed by atoms with Gasteiger partial charge in [0.05, 0.1) is 0 Å². The normalized spacial score (nSPS) is 24.7. The zero-order chi connectivity index (χ0) is 8.27. The van der Waals surface area contributed by atoms with Crippen molar-refractivity contribution in [3.05, 3.63) is 0 Å². The van der Waals surface area contributed by atoms with Gasteiger partial charge in [-0.3, -0.25) is 4.79 Å². The molecule has 0 bridgehead atoms. The van der Waals surface area contributed by atoms with Crippen molar-refractivity contribution >= 4 is 5.91 Å². The maximum atomic E-state index is 12.6. The summed E-state index contributed by atoms with van der Waals surface area (Å²) in [6.45, 7) is 1.72. The molecule has 1 aliphatic heterocycles. The van der Waals surface area contributed by atoms with E-state index in [9.17, 15) is 9.18 Å². The van der Waals surface area contributed by atoms with Crippen molar-refractivity contribution in [2.24, 2.45) is 5.73 Å². The number of amides is 1. The lowest BCUT2D eigenvalue weighted by atomic mass is 10.3. The first-order valence-electron chi connectivity index (χ1n) is 3.88. The molecule has 1 atom stereocenters. The van der Waals surface area contributed by atoms with Crippen LogP contribution in [0.4, 0.5) is 4.39 Å². The molecule has 64 valence electrons. The third kappa shape index (κ3) is 1.89. The van der Waals surface area contributed by atoms with Crippen molar-refractivity contribution < 1.29 is 9.18 Å². The molecule has 11 heavy (non-hydrogen) atoms. The summed E-state index contributed by atoms with van der Waals surface area (Å²) in [5, 5.41) is 0. The van der Waals surface area contributed by atoms with E-state index in [0.717, 1.165) is 6.42 Å². The molecular weight excluding hydrogens is 147 g/mol. The van der Waals surface area contributed by atoms with Crippen LogP contribution in [0.5, 0.6) is 0 Å². The van der Waals surface area contributed by atoms with Crippen molar-refractivity contribution in [1.29, 1.82) is 0 Å². The van der Waals surface area contributed by atoms with Crippen LogP contribution < -0.4 is 5.73 Å². The molecule has 2 N–H and O–H groups in total. The van der Waals surface area contributed by atoms with Gasteiger partial charge in [-0.2, -0.15) is 0 Å². The van der Waals surface area contributed by atoms with Gasteiger partial charge < -0.3 is 10.6 Å². The van der Waals surface area contributed by atoms with Crippen LogP contribution >= 0.6 is 0 Å². The number of nitrogens with zero attached hydrogens (tertiary/aromatic N) is 1. The fourth-order valence-electron chi connectivity index (χ4n) is 1.21. The fourth-order valence-corrected chi connectivity index (χ4v) is 1.21. The number of halogens is 1. The summed E-state index contributed by atoms with van der Waals surface area (Å²) in [6.07, 6.45) is -0.144. The van der Waals surface area contributed by atoms with E-state index in [1.54, 1.807) is 0 Å². The number of alkyl halides is 1. The highest BCUT2D eigenvalue weighted by molar-refractivity contribution is 5.82. The molecule has 0 aliphatic carbocycles. The van der Waals surface area contributed by atoms with Crippen LogP contribution in [-0.2, 0) is 4.79 Å². The SMILES string of the molecule is NCCCN1CCC(F)C1=O. The highest BCUT2D eigenvalue weighted by Gasteiger charge is 2.30. The molecule has 1 heterocycles. The summed E-state index contributed by atoms with van der Waals surface area (Å²) < 4.78 is 12.6. The predicted octanol–water partition coefficient (Wildman–Crippen LogP) is -0.0944. The molecule has 0 aromatic carbocycles. The first-order chi connectivity index (χ1) is 5.25. The lowest BCUT2D eigenvalue weighted by Gasteiger charge is -2.13. The van der Waals surface area contributed by atoms with Gasteiger partial charge in [0, 0.05) is 19.5 Å². The van der Waals surface area contributed by atoms with Crippen molar-refractivity contribution in [1.82, 2.24) is 4.90 Å². The third-order valence-corrected chi connectivity index (χ3v) is 1.86. The minimum absolute atomic E-state index is 0.351. The molecule has 1 unspecified atom stereocenters. The van der Waals surface area contributed by atoms with Gasteiger partial charge in [0.25, 0.3) is 5.91 Å². The van der Waals surface area contributed by atoms with Crippen molar-refractivity contribution in [2.75, 3.05) is 19.6 Å². The van der Waals surface area contributed by atoms with E-state index in [2.05, 4.69) is 0 Å². The third-order valence-electron chi connectivity index (χ3n) is 1.86. The van der Waals surface area contributed by atoms with E-state index in [1.165, 1.54) is 4.90 Å². The van der Waals surface area contributed by atoms with Gasteiger partial charge in [-0.1, -0.05) is 0 Å². The van der Waals surface area contributed by atoms with Crippen LogP contribution in [-0.4, -0.2) is 36.6 Å². The van der Waals surface area contributed by atoms with Gasteiger partial charge in [0.2, 0.25) is 0 Å². The molecular formula is C7H13FN2O. The van der Waals surface area contributed by atoms with Crippen LogP contribution in [0.25, 0.3) is 0 Å². The molecule has 0 aromatic heterocycles. The lowest BCUT2D eigenvalue weighted by Crippen LogP contribution is -2.29. The summed E-state index contributed by atoms with van der Waals surface area (Å²) in [5.74, 6) is -0.363. The molecule has 1 rings (SSSR count). The highest BCUT2D eigenvalue weighted by Crippen LogP contribution is 2.13. The van der Waals surface area contributed by atoms with E-state index in [1.807, 2.05) is 0 Å². The maximum absolute atomic E-state index is 12.6. The molecule has 1 amide bonds. The van der Waals surface area contributed by atoms with Crippen LogP contribution in [0, 0.1) is 0 Å². The number of carbonyl (C=O) groups is 1. The average molecular weight is 160 g/mol. The Morgan fingerprint density at radius 1 is 1.73 bits per heavy atom. The monoisotopic (exact) mass is 160 g/mol. The van der Waals surface area contributed by atoms with Gasteiger partial charge in [-0.15, -0.1) is 0 Å². The Bertz CT molecular complexity index is 151. The molecule has 1 fully saturated rings. The highest BCUT2D eigenvalue weighted by atomic mass is 19.1. The first-order valence-corrected chi connectivity index (χ1v) is 3.88. The van der Waals surface area contributed by atoms with E-state index in [0.29, 0.717) is 26.1 Å². The maximum Gasteiger partial charge on any atom is 0.257 e. The first kappa shape index (κ1) is 8.46. The van der Waals surface area contributed by atoms with Gasteiger partial charge >= 0.3 is 0 Å².